The van der Waals surface area contributed by atoms with Crippen molar-refractivity contribution >= 4 is 31.6 Å². The van der Waals surface area contributed by atoms with Crippen molar-refractivity contribution in [3.05, 3.63) is 47.7 Å². The lowest BCUT2D eigenvalue weighted by molar-refractivity contribution is -0.134. The zero-order valence-corrected chi connectivity index (χ0v) is 25.9. The van der Waals surface area contributed by atoms with Gasteiger partial charge in [0.25, 0.3) is 20.0 Å². The van der Waals surface area contributed by atoms with E-state index in [1.807, 2.05) is 6.92 Å². The van der Waals surface area contributed by atoms with Gasteiger partial charge in [0.2, 0.25) is 5.91 Å². The fourth-order valence-electron chi connectivity index (χ4n) is 4.81. The number of benzene rings is 1. The van der Waals surface area contributed by atoms with Gasteiger partial charge in [-0.15, -0.1) is 0 Å². The number of likely N-dealkylation sites (N-methyl/N-ethyl adjacent to an activating group) is 1. The first-order chi connectivity index (χ1) is 19.6. The summed E-state index contributed by atoms with van der Waals surface area (Å²) in [5.41, 5.74) is 0.783. The lowest BCUT2D eigenvalue weighted by atomic mass is 10.0. The number of nitrogens with zero attached hydrogens (tertiary/aromatic N) is 5. The van der Waals surface area contributed by atoms with E-state index >= 15 is 0 Å². The van der Waals surface area contributed by atoms with Crippen molar-refractivity contribution in [3.8, 4) is 5.75 Å². The Labute approximate surface area is 245 Å². The molecular formula is C26H36N6O8S2. The lowest BCUT2D eigenvalue weighted by Crippen LogP contribution is -2.48. The maximum atomic E-state index is 13.5. The van der Waals surface area contributed by atoms with E-state index in [1.54, 1.807) is 20.0 Å². The van der Waals surface area contributed by atoms with Gasteiger partial charge in [0.1, 0.15) is 17.5 Å². The van der Waals surface area contributed by atoms with Crippen LogP contribution in [-0.4, -0.2) is 90.7 Å². The molecule has 3 heterocycles. The number of aliphatic hydroxyl groups is 1. The van der Waals surface area contributed by atoms with Crippen molar-refractivity contribution in [3.63, 3.8) is 0 Å². The van der Waals surface area contributed by atoms with Gasteiger partial charge in [-0.2, -0.15) is 4.31 Å². The van der Waals surface area contributed by atoms with E-state index in [-0.39, 0.29) is 65.0 Å². The van der Waals surface area contributed by atoms with Crippen LogP contribution in [0.4, 0.5) is 5.69 Å². The number of nitrogens with one attached hydrogen (secondary N) is 1. The molecule has 16 heteroatoms. The normalized spacial score (nSPS) is 19.0. The quantitative estimate of drug-likeness (QED) is 0.353. The molecule has 0 unspecified atom stereocenters. The summed E-state index contributed by atoms with van der Waals surface area (Å²) in [4.78, 5) is 18.9. The summed E-state index contributed by atoms with van der Waals surface area (Å²) in [6.07, 6.45) is 1.95. The Bertz CT molecular complexity index is 1650. The van der Waals surface area contributed by atoms with Crippen LogP contribution in [0.25, 0.3) is 0 Å². The fourth-order valence-corrected chi connectivity index (χ4v) is 7.33. The number of carbonyl (C=O) groups is 1. The molecule has 14 nitrogen and oxygen atoms in total. The van der Waals surface area contributed by atoms with Crippen molar-refractivity contribution < 1.29 is 36.0 Å². The molecule has 0 spiro atoms. The molecule has 2 aromatic heterocycles. The van der Waals surface area contributed by atoms with Gasteiger partial charge in [0.15, 0.2) is 15.7 Å². The Balaban J connectivity index is 1.70. The molecule has 0 bridgehead atoms. The second-order valence-electron chi connectivity index (χ2n) is 10.6. The second-order valence-corrected chi connectivity index (χ2v) is 14.2. The Kier molecular flexibility index (Phi) is 9.01. The fraction of sp³-hybridized carbons (Fsp3) is 0.500. The number of anilines is 1. The third kappa shape index (κ3) is 6.45. The smallest absolute Gasteiger partial charge is 0.267 e. The molecule has 0 saturated heterocycles. The molecule has 4 rings (SSSR count). The van der Waals surface area contributed by atoms with E-state index in [0.29, 0.717) is 11.3 Å². The van der Waals surface area contributed by atoms with Gasteiger partial charge in [-0.3, -0.25) is 9.52 Å². The van der Waals surface area contributed by atoms with Crippen molar-refractivity contribution in [1.29, 1.82) is 0 Å². The van der Waals surface area contributed by atoms with Crippen LogP contribution in [0.5, 0.6) is 5.75 Å². The van der Waals surface area contributed by atoms with Gasteiger partial charge in [0, 0.05) is 44.0 Å². The highest BCUT2D eigenvalue weighted by molar-refractivity contribution is 7.92. The summed E-state index contributed by atoms with van der Waals surface area (Å²) in [6.45, 7) is 6.43. The number of amides is 1. The van der Waals surface area contributed by atoms with E-state index < -0.39 is 32.2 Å². The van der Waals surface area contributed by atoms with E-state index in [0.717, 1.165) is 4.31 Å². The number of sulfonamides is 2. The van der Waals surface area contributed by atoms with Gasteiger partial charge in [-0.1, -0.05) is 12.1 Å². The van der Waals surface area contributed by atoms with Gasteiger partial charge in [-0.25, -0.2) is 21.8 Å². The average molecular weight is 625 g/mol. The minimum atomic E-state index is -4.06. The molecule has 3 aromatic rings. The molecule has 0 fully saturated rings. The molecule has 0 aliphatic carbocycles. The number of aromatic nitrogens is 3. The number of aliphatic hydroxyl groups excluding tert-OH is 1. The summed E-state index contributed by atoms with van der Waals surface area (Å²) >= 11 is 0. The molecule has 0 radical (unpaired) electrons. The molecule has 1 amide bonds. The van der Waals surface area contributed by atoms with Crippen LogP contribution in [0.15, 0.2) is 45.2 Å². The highest BCUT2D eigenvalue weighted by atomic mass is 32.2. The minimum absolute atomic E-state index is 0.0600. The van der Waals surface area contributed by atoms with E-state index in [9.17, 15) is 26.7 Å². The minimum Gasteiger partial charge on any atom is -0.488 e. The topological polar surface area (TPSA) is 177 Å². The van der Waals surface area contributed by atoms with Crippen LogP contribution in [-0.2, 0) is 38.3 Å². The molecule has 1 aromatic carbocycles. The molecule has 1 aliphatic rings. The predicted octanol–water partition coefficient (Wildman–Crippen LogP) is 1.30. The Morgan fingerprint density at radius 2 is 1.95 bits per heavy atom. The third-order valence-corrected chi connectivity index (χ3v) is 10.5. The number of hydrogen-bond acceptors (Lipinski definition) is 10. The van der Waals surface area contributed by atoms with E-state index in [4.69, 9.17) is 9.26 Å². The number of aryl methyl sites for hydroxylation is 3. The van der Waals surface area contributed by atoms with Crippen molar-refractivity contribution in [2.45, 2.75) is 56.2 Å². The van der Waals surface area contributed by atoms with Gasteiger partial charge < -0.3 is 23.8 Å². The predicted molar refractivity (Wildman–Crippen MR) is 152 cm³/mol. The Morgan fingerprint density at radius 1 is 1.24 bits per heavy atom. The molecule has 1 aliphatic heterocycles. The zero-order valence-electron chi connectivity index (χ0n) is 24.3. The summed E-state index contributed by atoms with van der Waals surface area (Å²) in [6, 6.07) is 4.04. The van der Waals surface area contributed by atoms with Crippen LogP contribution < -0.4 is 9.46 Å². The number of imidazole rings is 1. The zero-order chi connectivity index (χ0) is 31.0. The maximum absolute atomic E-state index is 13.5. The van der Waals surface area contributed by atoms with E-state index in [2.05, 4.69) is 14.9 Å². The standard InChI is InChI=1S/C26H36N6O8S2/c1-16-11-32(17(2)14-33)25(34)10-20-9-21(29-41(35,36)26-18(3)28-40-19(26)4)7-8-22(20)39-23(16)12-31(6)42(37,38)24-13-30(5)15-27-24/h7-9,13,15-17,23,29,33H,10-12,14H2,1-6H3/t16-,17+,23-/m0/s1. The van der Waals surface area contributed by atoms with Crippen LogP contribution >= 0.6 is 0 Å². The number of rotatable bonds is 9. The highest BCUT2D eigenvalue weighted by Crippen LogP contribution is 2.31. The summed E-state index contributed by atoms with van der Waals surface area (Å²) < 4.78 is 69.2. The number of hydrogen-bond donors (Lipinski definition) is 2. The van der Waals surface area contributed by atoms with Crippen molar-refractivity contribution in [2.24, 2.45) is 13.0 Å². The summed E-state index contributed by atoms with van der Waals surface area (Å²) in [7, 11) is -4.89. The van der Waals surface area contributed by atoms with Crippen LogP contribution in [0.1, 0.15) is 30.9 Å². The largest absolute Gasteiger partial charge is 0.488 e. The monoisotopic (exact) mass is 624 g/mol. The Hall–Kier alpha value is -3.47. The molecule has 230 valence electrons. The van der Waals surface area contributed by atoms with E-state index in [1.165, 1.54) is 55.0 Å². The van der Waals surface area contributed by atoms with Gasteiger partial charge in [-0.05, 0) is 39.0 Å². The number of ether oxygens (including phenoxy) is 1. The summed E-state index contributed by atoms with van der Waals surface area (Å²) in [5, 5.41) is 13.5. The van der Waals surface area contributed by atoms with Crippen LogP contribution in [0.3, 0.4) is 0 Å². The maximum Gasteiger partial charge on any atom is 0.267 e. The van der Waals surface area contributed by atoms with Crippen molar-refractivity contribution in [1.82, 2.24) is 23.9 Å². The highest BCUT2D eigenvalue weighted by Gasteiger charge is 2.34. The third-order valence-electron chi connectivity index (χ3n) is 7.20. The van der Waals surface area contributed by atoms with Gasteiger partial charge >= 0.3 is 0 Å². The molecule has 3 atom stereocenters. The SMILES string of the molecule is Cc1noc(C)c1S(=O)(=O)Nc1ccc2c(c1)CC(=O)N([C@H](C)CO)C[C@H](C)[C@H](CN(C)S(=O)(=O)c1cn(C)cn1)O2. The number of fused-ring (bicyclic) bond motifs is 1. The number of carbonyl (C=O) groups excluding carboxylic acids is 1. The first-order valence-corrected chi connectivity index (χ1v) is 16.2. The molecule has 2 N–H and O–H groups in total. The van der Waals surface area contributed by atoms with Crippen molar-refractivity contribution in [2.75, 3.05) is 31.5 Å². The second kappa shape index (κ2) is 12.0. The summed E-state index contributed by atoms with van der Waals surface area (Å²) in [5.74, 6) is -0.207. The van der Waals surface area contributed by atoms with Gasteiger partial charge in [0.05, 0.1) is 31.9 Å². The first-order valence-electron chi connectivity index (χ1n) is 13.2. The molecule has 42 heavy (non-hydrogen) atoms. The van der Waals surface area contributed by atoms with Crippen LogP contribution in [0, 0.1) is 19.8 Å². The lowest BCUT2D eigenvalue weighted by Gasteiger charge is -2.33. The molecule has 0 saturated carbocycles. The molecular weight excluding hydrogens is 588 g/mol. The Morgan fingerprint density at radius 3 is 2.55 bits per heavy atom. The average Bonchev–Trinajstić information content (AvgIpc) is 3.52. The van der Waals surface area contributed by atoms with Crippen LogP contribution in [0.2, 0.25) is 0 Å². The first kappa shape index (κ1) is 31.5.